The molecule has 0 saturated heterocycles. The fourth-order valence-electron chi connectivity index (χ4n) is 1.45. The third kappa shape index (κ3) is 2.39. The maximum Gasteiger partial charge on any atom is 0.231 e. The molecule has 0 aliphatic carbocycles. The van der Waals surface area contributed by atoms with Crippen LogP contribution < -0.4 is 5.73 Å². The Kier molecular flexibility index (Phi) is 2.90. The topological polar surface area (TPSA) is 64.9 Å². The van der Waals surface area contributed by atoms with E-state index in [1.165, 1.54) is 0 Å². The molecule has 4 nitrogen and oxygen atoms in total. The Morgan fingerprint density at radius 1 is 1.38 bits per heavy atom. The lowest BCUT2D eigenvalue weighted by Crippen LogP contribution is -1.93. The summed E-state index contributed by atoms with van der Waals surface area (Å²) in [5, 5.41) is 3.92. The van der Waals surface area contributed by atoms with Crippen LogP contribution in [0.3, 0.4) is 0 Å². The molecule has 0 unspecified atom stereocenters. The second-order valence-corrected chi connectivity index (χ2v) is 4.12. The molecule has 1 aromatic carbocycles. The molecular formula is C12H15N3O. The van der Waals surface area contributed by atoms with Gasteiger partial charge in [-0.25, -0.2) is 0 Å². The Hall–Kier alpha value is -1.84. The Bertz CT molecular complexity index is 477. The Morgan fingerprint density at radius 2 is 2.19 bits per heavy atom. The molecule has 0 radical (unpaired) electrons. The van der Waals surface area contributed by atoms with Crippen LogP contribution in [0.25, 0.3) is 0 Å². The third-order valence-electron chi connectivity index (χ3n) is 2.31. The summed E-state index contributed by atoms with van der Waals surface area (Å²) in [6, 6.07) is 7.69. The number of anilines is 1. The molecule has 0 bridgehead atoms. The zero-order valence-electron chi connectivity index (χ0n) is 9.47. The molecule has 0 atom stereocenters. The highest BCUT2D eigenvalue weighted by molar-refractivity contribution is 5.41. The summed E-state index contributed by atoms with van der Waals surface area (Å²) in [7, 11) is 0. The predicted molar refractivity (Wildman–Crippen MR) is 62.0 cm³/mol. The van der Waals surface area contributed by atoms with Gasteiger partial charge >= 0.3 is 0 Å². The van der Waals surface area contributed by atoms with Crippen LogP contribution in [0.2, 0.25) is 0 Å². The van der Waals surface area contributed by atoms with Crippen LogP contribution in [0.5, 0.6) is 0 Å². The molecule has 4 heteroatoms. The van der Waals surface area contributed by atoms with Gasteiger partial charge in [-0.15, -0.1) is 0 Å². The first-order valence-electron chi connectivity index (χ1n) is 5.32. The molecule has 0 aliphatic heterocycles. The van der Waals surface area contributed by atoms with Crippen LogP contribution in [0.1, 0.15) is 37.0 Å². The zero-order valence-corrected chi connectivity index (χ0v) is 9.47. The first-order chi connectivity index (χ1) is 7.65. The van der Waals surface area contributed by atoms with Crippen molar-refractivity contribution in [3.63, 3.8) is 0 Å². The lowest BCUT2D eigenvalue weighted by Gasteiger charge is -1.98. The molecule has 16 heavy (non-hydrogen) atoms. The number of hydrogen-bond donors (Lipinski definition) is 1. The molecule has 84 valence electrons. The maximum atomic E-state index is 5.70. The van der Waals surface area contributed by atoms with Gasteiger partial charge in [0.05, 0.1) is 6.42 Å². The Labute approximate surface area is 94.5 Å². The number of benzene rings is 1. The van der Waals surface area contributed by atoms with Crippen LogP contribution >= 0.6 is 0 Å². The summed E-state index contributed by atoms with van der Waals surface area (Å²) in [6.45, 7) is 4.07. The van der Waals surface area contributed by atoms with Crippen LogP contribution in [0.15, 0.2) is 28.8 Å². The van der Waals surface area contributed by atoms with E-state index < -0.39 is 0 Å². The molecule has 1 aromatic heterocycles. The quantitative estimate of drug-likeness (QED) is 0.801. The minimum atomic E-state index is 0.290. The first-order valence-corrected chi connectivity index (χ1v) is 5.32. The fraction of sp³-hybridized carbons (Fsp3) is 0.333. The summed E-state index contributed by atoms with van der Waals surface area (Å²) < 4.78 is 5.17. The monoisotopic (exact) mass is 217 g/mol. The first kappa shape index (κ1) is 10.7. The maximum absolute atomic E-state index is 5.70. The summed E-state index contributed by atoms with van der Waals surface area (Å²) in [5.41, 5.74) is 7.53. The van der Waals surface area contributed by atoms with Gasteiger partial charge in [0.2, 0.25) is 5.89 Å². The summed E-state index contributed by atoms with van der Waals surface area (Å²) >= 11 is 0. The highest BCUT2D eigenvalue weighted by Crippen LogP contribution is 2.14. The van der Waals surface area contributed by atoms with Gasteiger partial charge in [-0.05, 0) is 17.7 Å². The van der Waals surface area contributed by atoms with Gasteiger partial charge in [0, 0.05) is 11.6 Å². The predicted octanol–water partition coefficient (Wildman–Crippen LogP) is 2.37. The highest BCUT2D eigenvalue weighted by Gasteiger charge is 2.09. The van der Waals surface area contributed by atoms with Crippen molar-refractivity contribution in [3.05, 3.63) is 41.5 Å². The molecule has 1 heterocycles. The summed E-state index contributed by atoms with van der Waals surface area (Å²) in [5.74, 6) is 1.67. The molecule has 2 aromatic rings. The van der Waals surface area contributed by atoms with E-state index in [-0.39, 0.29) is 0 Å². The second kappa shape index (κ2) is 4.35. The van der Waals surface area contributed by atoms with Crippen molar-refractivity contribution in [2.75, 3.05) is 5.73 Å². The molecular weight excluding hydrogens is 202 g/mol. The Balaban J connectivity index is 2.14. The number of rotatable bonds is 3. The smallest absolute Gasteiger partial charge is 0.231 e. The van der Waals surface area contributed by atoms with E-state index in [0.717, 1.165) is 17.1 Å². The minimum absolute atomic E-state index is 0.290. The van der Waals surface area contributed by atoms with Gasteiger partial charge < -0.3 is 10.3 Å². The number of hydrogen-bond acceptors (Lipinski definition) is 4. The molecule has 0 fully saturated rings. The van der Waals surface area contributed by atoms with Gasteiger partial charge in [-0.3, -0.25) is 0 Å². The molecule has 0 aliphatic rings. The fourth-order valence-corrected chi connectivity index (χ4v) is 1.45. The van der Waals surface area contributed by atoms with Crippen molar-refractivity contribution in [3.8, 4) is 0 Å². The van der Waals surface area contributed by atoms with E-state index in [9.17, 15) is 0 Å². The average molecular weight is 217 g/mol. The van der Waals surface area contributed by atoms with Crippen LogP contribution in [-0.4, -0.2) is 10.1 Å². The van der Waals surface area contributed by atoms with E-state index in [1.807, 2.05) is 38.1 Å². The lowest BCUT2D eigenvalue weighted by atomic mass is 10.1. The SMILES string of the molecule is CC(C)c1noc(Cc2cccc(N)c2)n1. The highest BCUT2D eigenvalue weighted by atomic mass is 16.5. The normalized spacial score (nSPS) is 10.9. The van der Waals surface area contributed by atoms with E-state index in [4.69, 9.17) is 10.3 Å². The van der Waals surface area contributed by atoms with Crippen LogP contribution in [-0.2, 0) is 6.42 Å². The minimum Gasteiger partial charge on any atom is -0.399 e. The van der Waals surface area contributed by atoms with E-state index in [1.54, 1.807) is 0 Å². The third-order valence-corrected chi connectivity index (χ3v) is 2.31. The number of nitrogen functional groups attached to an aromatic ring is 1. The number of nitrogens with zero attached hydrogens (tertiary/aromatic N) is 2. The summed E-state index contributed by atoms with van der Waals surface area (Å²) in [6.07, 6.45) is 0.630. The van der Waals surface area contributed by atoms with E-state index in [2.05, 4.69) is 10.1 Å². The zero-order chi connectivity index (χ0) is 11.5. The molecule has 0 saturated carbocycles. The standard InChI is InChI=1S/C12H15N3O/c1-8(2)12-14-11(16-15-12)7-9-4-3-5-10(13)6-9/h3-6,8H,7,13H2,1-2H3. The van der Waals surface area contributed by atoms with Gasteiger partial charge in [0.15, 0.2) is 5.82 Å². The molecule has 2 N–H and O–H groups in total. The van der Waals surface area contributed by atoms with Crippen molar-refractivity contribution in [1.29, 1.82) is 0 Å². The summed E-state index contributed by atoms with van der Waals surface area (Å²) in [4.78, 5) is 4.32. The largest absolute Gasteiger partial charge is 0.399 e. The molecule has 0 amide bonds. The van der Waals surface area contributed by atoms with Crippen molar-refractivity contribution in [2.24, 2.45) is 0 Å². The van der Waals surface area contributed by atoms with Crippen molar-refractivity contribution >= 4 is 5.69 Å². The van der Waals surface area contributed by atoms with Crippen molar-refractivity contribution in [2.45, 2.75) is 26.2 Å². The Morgan fingerprint density at radius 3 is 2.81 bits per heavy atom. The van der Waals surface area contributed by atoms with Gasteiger partial charge in [0.25, 0.3) is 0 Å². The van der Waals surface area contributed by atoms with Gasteiger partial charge in [-0.1, -0.05) is 31.1 Å². The second-order valence-electron chi connectivity index (χ2n) is 4.12. The van der Waals surface area contributed by atoms with Crippen LogP contribution in [0.4, 0.5) is 5.69 Å². The van der Waals surface area contributed by atoms with Gasteiger partial charge in [-0.2, -0.15) is 4.98 Å². The average Bonchev–Trinajstić information content (AvgIpc) is 2.66. The van der Waals surface area contributed by atoms with Crippen molar-refractivity contribution in [1.82, 2.24) is 10.1 Å². The van der Waals surface area contributed by atoms with E-state index >= 15 is 0 Å². The molecule has 2 rings (SSSR count). The number of aromatic nitrogens is 2. The van der Waals surface area contributed by atoms with Crippen molar-refractivity contribution < 1.29 is 4.52 Å². The molecule has 0 spiro atoms. The van der Waals surface area contributed by atoms with Crippen LogP contribution in [0, 0.1) is 0 Å². The van der Waals surface area contributed by atoms with Gasteiger partial charge in [0.1, 0.15) is 0 Å². The number of nitrogens with two attached hydrogens (primary N) is 1. The lowest BCUT2D eigenvalue weighted by molar-refractivity contribution is 0.377. The van der Waals surface area contributed by atoms with E-state index in [0.29, 0.717) is 18.2 Å².